The number of halogens is 1. The zero-order valence-corrected chi connectivity index (χ0v) is 16.3. The summed E-state index contributed by atoms with van der Waals surface area (Å²) in [6.45, 7) is 4.09. The van der Waals surface area contributed by atoms with E-state index in [1.54, 1.807) is 34.8 Å². The van der Waals surface area contributed by atoms with Gasteiger partial charge in [0, 0.05) is 29.9 Å². The van der Waals surface area contributed by atoms with Crippen LogP contribution in [-0.2, 0) is 11.2 Å². The minimum absolute atomic E-state index is 0.0285. The lowest BCUT2D eigenvalue weighted by atomic mass is 10.1. The summed E-state index contributed by atoms with van der Waals surface area (Å²) in [5.74, 6) is -0.195. The van der Waals surface area contributed by atoms with Crippen LogP contribution in [0.15, 0.2) is 48.7 Å². The van der Waals surface area contributed by atoms with E-state index < -0.39 is 0 Å². The first-order valence-corrected chi connectivity index (χ1v) is 9.35. The molecule has 3 aromatic rings. The Morgan fingerprint density at radius 2 is 1.89 bits per heavy atom. The smallest absolute Gasteiger partial charge is 0.259 e. The van der Waals surface area contributed by atoms with Crippen LogP contribution < -0.4 is 10.2 Å². The number of nitrogens with one attached hydrogen (secondary N) is 1. The summed E-state index contributed by atoms with van der Waals surface area (Å²) in [6, 6.07) is 12.9. The standard InChI is InChI=1S/C21H19ClN4O2/c1-13-19(12-23-26(13)18-6-3-16(22)4-7-18)21(28)24-17-5-8-20-15(11-17)9-10-25(20)14(2)27/h3-8,11-12H,9-10H2,1-2H3,(H,24,28). The Kier molecular flexibility index (Phi) is 4.65. The number of fused-ring (bicyclic) bond motifs is 1. The molecule has 0 aliphatic carbocycles. The fourth-order valence-corrected chi connectivity index (χ4v) is 3.61. The van der Waals surface area contributed by atoms with Crippen LogP contribution in [0.4, 0.5) is 11.4 Å². The number of nitrogens with zero attached hydrogens (tertiary/aromatic N) is 3. The van der Waals surface area contributed by atoms with Gasteiger partial charge in [0.2, 0.25) is 5.91 Å². The summed E-state index contributed by atoms with van der Waals surface area (Å²) < 4.78 is 1.71. The van der Waals surface area contributed by atoms with Crippen LogP contribution in [0.2, 0.25) is 5.02 Å². The molecule has 4 rings (SSSR count). The summed E-state index contributed by atoms with van der Waals surface area (Å²) in [5.41, 5.74) is 4.75. The van der Waals surface area contributed by atoms with Crippen molar-refractivity contribution in [2.45, 2.75) is 20.3 Å². The Bertz CT molecular complexity index is 1070. The second kappa shape index (κ2) is 7.13. The first kappa shape index (κ1) is 18.3. The molecule has 0 saturated heterocycles. The molecule has 0 radical (unpaired) electrons. The van der Waals surface area contributed by atoms with Crippen molar-refractivity contribution in [3.05, 3.63) is 70.5 Å². The van der Waals surface area contributed by atoms with E-state index in [9.17, 15) is 9.59 Å². The minimum Gasteiger partial charge on any atom is -0.322 e. The average molecular weight is 395 g/mol. The van der Waals surface area contributed by atoms with Crippen molar-refractivity contribution in [2.24, 2.45) is 0 Å². The predicted octanol–water partition coefficient (Wildman–Crippen LogP) is 4.00. The molecule has 0 atom stereocenters. The molecular formula is C21H19ClN4O2. The summed E-state index contributed by atoms with van der Waals surface area (Å²) in [4.78, 5) is 26.2. The van der Waals surface area contributed by atoms with Gasteiger partial charge in [-0.2, -0.15) is 5.10 Å². The van der Waals surface area contributed by atoms with Crippen molar-refractivity contribution in [1.82, 2.24) is 9.78 Å². The van der Waals surface area contributed by atoms with E-state index in [-0.39, 0.29) is 11.8 Å². The summed E-state index contributed by atoms with van der Waals surface area (Å²) in [6.07, 6.45) is 2.34. The second-order valence-electron chi connectivity index (χ2n) is 6.75. The fraction of sp³-hybridized carbons (Fsp3) is 0.190. The number of hydrogen-bond donors (Lipinski definition) is 1. The Morgan fingerprint density at radius 1 is 1.14 bits per heavy atom. The van der Waals surface area contributed by atoms with Gasteiger partial charge in [0.25, 0.3) is 5.91 Å². The van der Waals surface area contributed by atoms with E-state index in [2.05, 4.69) is 10.4 Å². The molecule has 1 aliphatic rings. The highest BCUT2D eigenvalue weighted by molar-refractivity contribution is 6.30. The van der Waals surface area contributed by atoms with Gasteiger partial charge in [-0.1, -0.05) is 11.6 Å². The van der Waals surface area contributed by atoms with Gasteiger partial charge in [0.05, 0.1) is 23.1 Å². The van der Waals surface area contributed by atoms with Gasteiger partial charge in [-0.25, -0.2) is 4.68 Å². The summed E-state index contributed by atoms with van der Waals surface area (Å²) in [5, 5.41) is 7.91. The zero-order valence-electron chi connectivity index (χ0n) is 15.6. The van der Waals surface area contributed by atoms with Crippen molar-refractivity contribution >= 4 is 34.8 Å². The Balaban J connectivity index is 1.55. The van der Waals surface area contributed by atoms with E-state index in [0.29, 0.717) is 22.8 Å². The van der Waals surface area contributed by atoms with Crippen LogP contribution in [0.1, 0.15) is 28.5 Å². The van der Waals surface area contributed by atoms with Gasteiger partial charge < -0.3 is 10.2 Å². The third-order valence-electron chi connectivity index (χ3n) is 4.94. The summed E-state index contributed by atoms with van der Waals surface area (Å²) in [7, 11) is 0. The Labute approximate surface area is 167 Å². The maximum atomic E-state index is 12.8. The molecule has 0 bridgehead atoms. The third-order valence-corrected chi connectivity index (χ3v) is 5.19. The molecule has 2 heterocycles. The van der Waals surface area contributed by atoms with Gasteiger partial charge in [0.15, 0.2) is 0 Å². The first-order chi connectivity index (χ1) is 13.4. The molecule has 0 fully saturated rings. The van der Waals surface area contributed by atoms with Crippen LogP contribution in [-0.4, -0.2) is 28.1 Å². The molecule has 0 saturated carbocycles. The molecular weight excluding hydrogens is 376 g/mol. The lowest BCUT2D eigenvalue weighted by Crippen LogP contribution is -2.25. The van der Waals surface area contributed by atoms with Gasteiger partial charge in [-0.05, 0) is 61.4 Å². The number of carbonyl (C=O) groups excluding carboxylic acids is 2. The largest absolute Gasteiger partial charge is 0.322 e. The zero-order chi connectivity index (χ0) is 19.8. The van der Waals surface area contributed by atoms with Crippen LogP contribution in [0.5, 0.6) is 0 Å². The van der Waals surface area contributed by atoms with Crippen LogP contribution >= 0.6 is 11.6 Å². The predicted molar refractivity (Wildman–Crippen MR) is 109 cm³/mol. The number of aromatic nitrogens is 2. The number of hydrogen-bond acceptors (Lipinski definition) is 3. The van der Waals surface area contributed by atoms with Crippen LogP contribution in [0, 0.1) is 6.92 Å². The highest BCUT2D eigenvalue weighted by Crippen LogP contribution is 2.30. The van der Waals surface area contributed by atoms with Crippen LogP contribution in [0.25, 0.3) is 5.69 Å². The van der Waals surface area contributed by atoms with Crippen molar-refractivity contribution in [1.29, 1.82) is 0 Å². The Hall–Kier alpha value is -3.12. The van der Waals surface area contributed by atoms with E-state index in [1.807, 2.05) is 37.3 Å². The quantitative estimate of drug-likeness (QED) is 0.730. The van der Waals surface area contributed by atoms with Gasteiger partial charge >= 0.3 is 0 Å². The second-order valence-corrected chi connectivity index (χ2v) is 7.19. The molecule has 1 aliphatic heterocycles. The molecule has 1 N–H and O–H groups in total. The molecule has 0 spiro atoms. The summed E-state index contributed by atoms with van der Waals surface area (Å²) >= 11 is 5.94. The van der Waals surface area contributed by atoms with Gasteiger partial charge in [-0.3, -0.25) is 9.59 Å². The molecule has 6 nitrogen and oxygen atoms in total. The minimum atomic E-state index is -0.223. The molecule has 2 aromatic carbocycles. The van der Waals surface area contributed by atoms with Gasteiger partial charge in [0.1, 0.15) is 0 Å². The molecule has 142 valence electrons. The average Bonchev–Trinajstić information content (AvgIpc) is 3.26. The molecule has 2 amide bonds. The van der Waals surface area contributed by atoms with Crippen molar-refractivity contribution in [2.75, 3.05) is 16.8 Å². The number of amides is 2. The molecule has 7 heteroatoms. The molecule has 0 unspecified atom stereocenters. The van der Waals surface area contributed by atoms with Crippen molar-refractivity contribution < 1.29 is 9.59 Å². The lowest BCUT2D eigenvalue weighted by molar-refractivity contribution is -0.116. The topological polar surface area (TPSA) is 67.2 Å². The van der Waals surface area contributed by atoms with E-state index >= 15 is 0 Å². The number of benzene rings is 2. The number of carbonyl (C=O) groups is 2. The molecule has 28 heavy (non-hydrogen) atoms. The van der Waals surface area contributed by atoms with E-state index in [1.165, 1.54) is 0 Å². The van der Waals surface area contributed by atoms with Crippen molar-refractivity contribution in [3.8, 4) is 5.69 Å². The monoisotopic (exact) mass is 394 g/mol. The number of rotatable bonds is 3. The normalized spacial score (nSPS) is 12.8. The maximum absolute atomic E-state index is 12.8. The number of anilines is 2. The van der Waals surface area contributed by atoms with Gasteiger partial charge in [-0.15, -0.1) is 0 Å². The lowest BCUT2D eigenvalue weighted by Gasteiger charge is -2.15. The van der Waals surface area contributed by atoms with Crippen LogP contribution in [0.3, 0.4) is 0 Å². The fourth-order valence-electron chi connectivity index (χ4n) is 3.48. The highest BCUT2D eigenvalue weighted by atomic mass is 35.5. The van der Waals surface area contributed by atoms with E-state index in [0.717, 1.165) is 29.1 Å². The Morgan fingerprint density at radius 3 is 2.61 bits per heavy atom. The first-order valence-electron chi connectivity index (χ1n) is 8.97. The van der Waals surface area contributed by atoms with E-state index in [4.69, 9.17) is 11.6 Å². The van der Waals surface area contributed by atoms with Crippen molar-refractivity contribution in [3.63, 3.8) is 0 Å². The SMILES string of the molecule is CC(=O)N1CCc2cc(NC(=O)c3cnn(-c4ccc(Cl)cc4)c3C)ccc21. The maximum Gasteiger partial charge on any atom is 0.259 e. The molecule has 1 aromatic heterocycles. The third kappa shape index (κ3) is 3.27. The highest BCUT2D eigenvalue weighted by Gasteiger charge is 2.23.